The van der Waals surface area contributed by atoms with Gasteiger partial charge in [0, 0.05) is 11.9 Å². The van der Waals surface area contributed by atoms with Crippen LogP contribution in [0.4, 0.5) is 5.69 Å². The van der Waals surface area contributed by atoms with E-state index < -0.39 is 0 Å². The minimum atomic E-state index is 0.373. The van der Waals surface area contributed by atoms with Gasteiger partial charge in [-0.15, -0.1) is 0 Å². The van der Waals surface area contributed by atoms with E-state index in [2.05, 4.69) is 9.97 Å². The van der Waals surface area contributed by atoms with Crippen molar-refractivity contribution < 1.29 is 4.74 Å². The molecule has 0 amide bonds. The van der Waals surface area contributed by atoms with Crippen molar-refractivity contribution in [3.63, 3.8) is 0 Å². The Labute approximate surface area is 105 Å². The fourth-order valence-electron chi connectivity index (χ4n) is 1.44. The molecule has 0 unspecified atom stereocenters. The van der Waals surface area contributed by atoms with E-state index in [1.807, 2.05) is 13.0 Å². The molecule has 0 radical (unpaired) electrons. The molecule has 0 saturated carbocycles. The number of rotatable bonds is 2. The number of aromatic nitrogens is 2. The molecule has 0 aliphatic carbocycles. The van der Waals surface area contributed by atoms with Gasteiger partial charge in [-0.2, -0.15) is 5.26 Å². The third-order valence-corrected chi connectivity index (χ3v) is 2.36. The molecule has 0 fully saturated rings. The normalized spacial score (nSPS) is 9.83. The molecule has 18 heavy (non-hydrogen) atoms. The molecule has 0 spiro atoms. The highest BCUT2D eigenvalue weighted by Crippen LogP contribution is 2.26. The quantitative estimate of drug-likeness (QED) is 0.814. The first-order chi connectivity index (χ1) is 8.60. The number of anilines is 1. The number of nitriles is 1. The number of hydrogen-bond acceptors (Lipinski definition) is 5. The first kappa shape index (κ1) is 11.9. The van der Waals surface area contributed by atoms with Crippen LogP contribution in [-0.4, -0.2) is 9.97 Å². The fraction of sp³-hybridized carbons (Fsp3) is 0.154. The van der Waals surface area contributed by atoms with Crippen molar-refractivity contribution in [2.45, 2.75) is 13.8 Å². The molecule has 5 nitrogen and oxygen atoms in total. The molecule has 2 aromatic rings. The average molecular weight is 240 g/mol. The summed E-state index contributed by atoms with van der Waals surface area (Å²) in [5.74, 6) is 0.825. The van der Waals surface area contributed by atoms with Gasteiger partial charge in [-0.1, -0.05) is 0 Å². The summed E-state index contributed by atoms with van der Waals surface area (Å²) in [5, 5.41) is 9.02. The van der Waals surface area contributed by atoms with Crippen LogP contribution >= 0.6 is 0 Å². The van der Waals surface area contributed by atoms with E-state index in [0.29, 0.717) is 28.6 Å². The van der Waals surface area contributed by atoms with E-state index in [-0.39, 0.29) is 0 Å². The van der Waals surface area contributed by atoms with Gasteiger partial charge in [0.25, 0.3) is 0 Å². The average Bonchev–Trinajstić information content (AvgIpc) is 2.36. The van der Waals surface area contributed by atoms with Crippen molar-refractivity contribution >= 4 is 5.69 Å². The molecule has 0 aliphatic heterocycles. The lowest BCUT2D eigenvalue weighted by molar-refractivity contribution is 0.452. The van der Waals surface area contributed by atoms with Crippen LogP contribution in [0.15, 0.2) is 24.4 Å². The molecule has 5 heteroatoms. The van der Waals surface area contributed by atoms with E-state index in [9.17, 15) is 0 Å². The summed E-state index contributed by atoms with van der Waals surface area (Å²) >= 11 is 0. The van der Waals surface area contributed by atoms with Crippen molar-refractivity contribution in [1.82, 2.24) is 9.97 Å². The summed E-state index contributed by atoms with van der Waals surface area (Å²) in [5.41, 5.74) is 7.93. The lowest BCUT2D eigenvalue weighted by Crippen LogP contribution is -1.98. The number of nitrogens with zero attached hydrogens (tertiary/aromatic N) is 3. The van der Waals surface area contributed by atoms with E-state index >= 15 is 0 Å². The topological polar surface area (TPSA) is 84.8 Å². The summed E-state index contributed by atoms with van der Waals surface area (Å²) < 4.78 is 5.62. The van der Waals surface area contributed by atoms with E-state index in [1.165, 1.54) is 0 Å². The van der Waals surface area contributed by atoms with Crippen LogP contribution in [0.25, 0.3) is 0 Å². The van der Waals surface area contributed by atoms with Crippen LogP contribution in [0.2, 0.25) is 0 Å². The second-order valence-electron chi connectivity index (χ2n) is 3.87. The summed E-state index contributed by atoms with van der Waals surface area (Å²) in [6, 6.07) is 6.93. The third-order valence-electron chi connectivity index (χ3n) is 2.36. The van der Waals surface area contributed by atoms with Crippen molar-refractivity contribution in [1.29, 1.82) is 5.26 Å². The molecule has 0 atom stereocenters. The summed E-state index contributed by atoms with van der Waals surface area (Å²) in [4.78, 5) is 8.39. The van der Waals surface area contributed by atoms with Crippen LogP contribution in [0.5, 0.6) is 11.6 Å². The Morgan fingerprint density at radius 1 is 1.33 bits per heavy atom. The number of nitrogens with two attached hydrogens (primary N) is 1. The fourth-order valence-corrected chi connectivity index (χ4v) is 1.44. The predicted molar refractivity (Wildman–Crippen MR) is 67.1 cm³/mol. The maximum atomic E-state index is 9.02. The maximum Gasteiger partial charge on any atom is 0.241 e. The zero-order chi connectivity index (χ0) is 13.1. The SMILES string of the molecule is Cc1cnc(C)c(Oc2ccc(N)cc2C#N)n1. The Morgan fingerprint density at radius 2 is 2.11 bits per heavy atom. The second-order valence-corrected chi connectivity index (χ2v) is 3.87. The lowest BCUT2D eigenvalue weighted by Gasteiger charge is -2.09. The second kappa shape index (κ2) is 4.72. The van der Waals surface area contributed by atoms with Gasteiger partial charge in [0.15, 0.2) is 0 Å². The molecule has 0 saturated heterocycles. The standard InChI is InChI=1S/C13H12N4O/c1-8-7-16-9(2)13(17-8)18-12-4-3-11(15)5-10(12)6-14/h3-5,7H,15H2,1-2H3. The first-order valence-electron chi connectivity index (χ1n) is 5.38. The van der Waals surface area contributed by atoms with Gasteiger partial charge < -0.3 is 10.5 Å². The zero-order valence-corrected chi connectivity index (χ0v) is 10.1. The highest BCUT2D eigenvalue weighted by atomic mass is 16.5. The van der Waals surface area contributed by atoms with Crippen molar-refractivity contribution in [2.75, 3.05) is 5.73 Å². The number of nitrogen functional groups attached to an aromatic ring is 1. The molecule has 2 rings (SSSR count). The highest BCUT2D eigenvalue weighted by Gasteiger charge is 2.09. The molecule has 0 aliphatic rings. The third kappa shape index (κ3) is 2.38. The Kier molecular flexibility index (Phi) is 3.11. The van der Waals surface area contributed by atoms with E-state index in [1.54, 1.807) is 31.3 Å². The van der Waals surface area contributed by atoms with Crippen LogP contribution in [0.1, 0.15) is 17.0 Å². The number of aryl methyl sites for hydroxylation is 2. The van der Waals surface area contributed by atoms with Gasteiger partial charge in [-0.3, -0.25) is 4.98 Å². The van der Waals surface area contributed by atoms with Gasteiger partial charge in [0.05, 0.1) is 17.0 Å². The minimum Gasteiger partial charge on any atom is -0.436 e. The van der Waals surface area contributed by atoms with Crippen molar-refractivity contribution in [3.05, 3.63) is 41.3 Å². The Bertz CT molecular complexity index is 631. The molecule has 0 bridgehead atoms. The number of benzene rings is 1. The number of ether oxygens (including phenoxy) is 1. The zero-order valence-electron chi connectivity index (χ0n) is 10.1. The molecule has 1 heterocycles. The summed E-state index contributed by atoms with van der Waals surface area (Å²) in [6.45, 7) is 3.62. The van der Waals surface area contributed by atoms with E-state index in [0.717, 1.165) is 5.69 Å². The maximum absolute atomic E-state index is 9.02. The highest BCUT2D eigenvalue weighted by molar-refractivity contribution is 5.54. The summed E-state index contributed by atoms with van der Waals surface area (Å²) in [7, 11) is 0. The van der Waals surface area contributed by atoms with Gasteiger partial charge in [0.2, 0.25) is 5.88 Å². The molecular formula is C13H12N4O. The Balaban J connectivity index is 2.40. The molecular weight excluding hydrogens is 228 g/mol. The first-order valence-corrected chi connectivity index (χ1v) is 5.38. The molecule has 1 aromatic heterocycles. The van der Waals surface area contributed by atoms with Gasteiger partial charge >= 0.3 is 0 Å². The Morgan fingerprint density at radius 3 is 2.83 bits per heavy atom. The van der Waals surface area contributed by atoms with Crippen LogP contribution in [0.3, 0.4) is 0 Å². The minimum absolute atomic E-state index is 0.373. The van der Waals surface area contributed by atoms with Crippen molar-refractivity contribution in [3.8, 4) is 17.7 Å². The monoisotopic (exact) mass is 240 g/mol. The van der Waals surface area contributed by atoms with Gasteiger partial charge in [0.1, 0.15) is 11.8 Å². The van der Waals surface area contributed by atoms with Crippen LogP contribution < -0.4 is 10.5 Å². The van der Waals surface area contributed by atoms with Gasteiger partial charge in [-0.05, 0) is 32.0 Å². The van der Waals surface area contributed by atoms with Crippen molar-refractivity contribution in [2.24, 2.45) is 0 Å². The van der Waals surface area contributed by atoms with E-state index in [4.69, 9.17) is 15.7 Å². The van der Waals surface area contributed by atoms with Gasteiger partial charge in [-0.25, -0.2) is 4.98 Å². The molecule has 1 aromatic carbocycles. The molecule has 90 valence electrons. The number of hydrogen-bond donors (Lipinski definition) is 1. The predicted octanol–water partition coefficient (Wildman–Crippen LogP) is 2.34. The smallest absolute Gasteiger partial charge is 0.241 e. The Hall–Kier alpha value is -2.61. The van der Waals surface area contributed by atoms with Crippen LogP contribution in [-0.2, 0) is 0 Å². The lowest BCUT2D eigenvalue weighted by atomic mass is 10.2. The molecule has 2 N–H and O–H groups in total. The van der Waals surface area contributed by atoms with Crippen LogP contribution in [0, 0.1) is 25.2 Å². The summed E-state index contributed by atoms with van der Waals surface area (Å²) in [6.07, 6.45) is 1.66. The largest absolute Gasteiger partial charge is 0.436 e.